The molecule has 1 aromatic carbocycles. The Morgan fingerprint density at radius 2 is 2.04 bits per heavy atom. The largest absolute Gasteiger partial charge is 0.336 e. The molecule has 0 radical (unpaired) electrons. The summed E-state index contributed by atoms with van der Waals surface area (Å²) in [5.41, 5.74) is 2.37. The van der Waals surface area contributed by atoms with E-state index >= 15 is 0 Å². The highest BCUT2D eigenvalue weighted by Crippen LogP contribution is 2.43. The molecule has 1 aliphatic rings. The summed E-state index contributed by atoms with van der Waals surface area (Å²) in [5, 5.41) is 2.89. The molecule has 3 amide bonds. The average molecular weight is 364 g/mol. The number of carbonyl (C=O) groups excluding carboxylic acids is 2. The van der Waals surface area contributed by atoms with Crippen molar-refractivity contribution in [1.82, 2.24) is 15.1 Å². The number of urea groups is 1. The van der Waals surface area contributed by atoms with Gasteiger partial charge in [-0.2, -0.15) is 0 Å². The van der Waals surface area contributed by atoms with Crippen LogP contribution in [0.4, 0.5) is 4.79 Å². The second-order valence-electron chi connectivity index (χ2n) is 6.70. The summed E-state index contributed by atoms with van der Waals surface area (Å²) in [4.78, 5) is 28.6. The molecule has 1 N–H and O–H groups in total. The average Bonchev–Trinajstić information content (AvgIpc) is 2.83. The number of benzene rings is 1. The third-order valence-corrected chi connectivity index (χ3v) is 5.77. The minimum absolute atomic E-state index is 0.0237. The number of rotatable bonds is 6. The van der Waals surface area contributed by atoms with Gasteiger partial charge in [-0.05, 0) is 45.7 Å². The van der Waals surface area contributed by atoms with Gasteiger partial charge < -0.3 is 15.1 Å². The number of nitrogens with zero attached hydrogens (tertiary/aromatic N) is 2. The Labute approximate surface area is 155 Å². The molecular weight excluding hydrogens is 334 g/mol. The molecule has 2 atom stereocenters. The Balaban J connectivity index is 2.11. The Morgan fingerprint density at radius 1 is 1.36 bits per heavy atom. The van der Waals surface area contributed by atoms with Crippen LogP contribution < -0.4 is 5.32 Å². The molecule has 1 fully saturated rings. The summed E-state index contributed by atoms with van der Waals surface area (Å²) < 4.78 is 0. The van der Waals surface area contributed by atoms with Gasteiger partial charge in [-0.3, -0.25) is 4.79 Å². The van der Waals surface area contributed by atoms with Gasteiger partial charge in [-0.15, -0.1) is 11.8 Å². The zero-order chi connectivity index (χ0) is 18.6. The fraction of sp³-hybridized carbons (Fsp3) is 0.579. The molecule has 2 unspecified atom stereocenters. The van der Waals surface area contributed by atoms with Crippen molar-refractivity contribution in [2.24, 2.45) is 0 Å². The molecule has 0 saturated carbocycles. The van der Waals surface area contributed by atoms with Crippen LogP contribution in [0.5, 0.6) is 0 Å². The topological polar surface area (TPSA) is 52.7 Å². The minimum Gasteiger partial charge on any atom is -0.336 e. The predicted molar refractivity (Wildman–Crippen MR) is 104 cm³/mol. The lowest BCUT2D eigenvalue weighted by molar-refractivity contribution is -0.129. The lowest BCUT2D eigenvalue weighted by Gasteiger charge is -2.29. The van der Waals surface area contributed by atoms with Crippen LogP contribution in [0.3, 0.4) is 0 Å². The maximum atomic E-state index is 12.6. The highest BCUT2D eigenvalue weighted by molar-refractivity contribution is 8.01. The summed E-state index contributed by atoms with van der Waals surface area (Å²) in [7, 11) is 0. The van der Waals surface area contributed by atoms with Gasteiger partial charge in [0.1, 0.15) is 5.37 Å². The Morgan fingerprint density at radius 3 is 2.64 bits per heavy atom. The molecule has 6 heteroatoms. The van der Waals surface area contributed by atoms with Gasteiger partial charge in [0.2, 0.25) is 5.91 Å². The Hall–Kier alpha value is -1.69. The SMILES string of the molecule is CCN(CCN1C(=O)C(C)SC1c1ccccc1C)C(=O)NC(C)C. The van der Waals surface area contributed by atoms with E-state index in [-0.39, 0.29) is 28.6 Å². The van der Waals surface area contributed by atoms with Crippen molar-refractivity contribution in [2.45, 2.75) is 51.3 Å². The first-order chi connectivity index (χ1) is 11.8. The monoisotopic (exact) mass is 363 g/mol. The first-order valence-corrected chi connectivity index (χ1v) is 9.86. The molecule has 1 aliphatic heterocycles. The number of thioether (sulfide) groups is 1. The predicted octanol–water partition coefficient (Wildman–Crippen LogP) is 3.40. The molecular formula is C19H29N3O2S. The van der Waals surface area contributed by atoms with Crippen molar-refractivity contribution in [3.8, 4) is 0 Å². The zero-order valence-corrected chi connectivity index (χ0v) is 16.6. The van der Waals surface area contributed by atoms with Gasteiger partial charge >= 0.3 is 6.03 Å². The first-order valence-electron chi connectivity index (χ1n) is 8.92. The number of nitrogens with one attached hydrogen (secondary N) is 1. The Kier molecular flexibility index (Phi) is 6.76. The van der Waals surface area contributed by atoms with Crippen LogP contribution in [0, 0.1) is 6.92 Å². The molecule has 1 aromatic rings. The van der Waals surface area contributed by atoms with Gasteiger partial charge in [0.05, 0.1) is 5.25 Å². The molecule has 0 aliphatic carbocycles. The molecule has 138 valence electrons. The van der Waals surface area contributed by atoms with Crippen LogP contribution in [-0.4, -0.2) is 52.7 Å². The van der Waals surface area contributed by atoms with Gasteiger partial charge in [-0.25, -0.2) is 4.79 Å². The first kappa shape index (κ1) is 19.6. The quantitative estimate of drug-likeness (QED) is 0.843. The summed E-state index contributed by atoms with van der Waals surface area (Å²) in [6, 6.07) is 8.23. The van der Waals surface area contributed by atoms with E-state index in [1.165, 1.54) is 11.1 Å². The summed E-state index contributed by atoms with van der Waals surface area (Å²) in [6.07, 6.45) is 0. The van der Waals surface area contributed by atoms with E-state index in [2.05, 4.69) is 24.4 Å². The lowest BCUT2D eigenvalue weighted by atomic mass is 10.1. The molecule has 0 bridgehead atoms. The van der Waals surface area contributed by atoms with Crippen molar-refractivity contribution in [3.63, 3.8) is 0 Å². The molecule has 1 saturated heterocycles. The number of aryl methyl sites for hydroxylation is 1. The highest BCUT2D eigenvalue weighted by atomic mass is 32.2. The lowest BCUT2D eigenvalue weighted by Crippen LogP contribution is -2.46. The van der Waals surface area contributed by atoms with Gasteiger partial charge in [0.25, 0.3) is 0 Å². The number of carbonyl (C=O) groups is 2. The van der Waals surface area contributed by atoms with Crippen LogP contribution in [0.1, 0.15) is 44.2 Å². The van der Waals surface area contributed by atoms with E-state index in [0.29, 0.717) is 19.6 Å². The molecule has 0 spiro atoms. The molecule has 5 nitrogen and oxygen atoms in total. The van der Waals surface area contributed by atoms with Crippen LogP contribution in [0.15, 0.2) is 24.3 Å². The van der Waals surface area contributed by atoms with Crippen molar-refractivity contribution in [3.05, 3.63) is 35.4 Å². The molecule has 2 rings (SSSR count). The van der Waals surface area contributed by atoms with Crippen molar-refractivity contribution < 1.29 is 9.59 Å². The van der Waals surface area contributed by atoms with E-state index in [1.54, 1.807) is 16.7 Å². The van der Waals surface area contributed by atoms with Crippen LogP contribution in [0.25, 0.3) is 0 Å². The zero-order valence-electron chi connectivity index (χ0n) is 15.8. The van der Waals surface area contributed by atoms with Gasteiger partial charge in [0.15, 0.2) is 0 Å². The highest BCUT2D eigenvalue weighted by Gasteiger charge is 2.38. The fourth-order valence-electron chi connectivity index (χ4n) is 2.98. The summed E-state index contributed by atoms with van der Waals surface area (Å²) >= 11 is 1.68. The smallest absolute Gasteiger partial charge is 0.317 e. The molecule has 1 heterocycles. The third kappa shape index (κ3) is 4.69. The van der Waals surface area contributed by atoms with E-state index in [4.69, 9.17) is 0 Å². The second kappa shape index (κ2) is 8.61. The normalized spacial score (nSPS) is 20.2. The second-order valence-corrected chi connectivity index (χ2v) is 8.13. The van der Waals surface area contributed by atoms with Crippen LogP contribution >= 0.6 is 11.8 Å². The van der Waals surface area contributed by atoms with E-state index in [1.807, 2.05) is 44.7 Å². The summed E-state index contributed by atoms with van der Waals surface area (Å²) in [6.45, 7) is 11.6. The van der Waals surface area contributed by atoms with Gasteiger partial charge in [0, 0.05) is 25.7 Å². The van der Waals surface area contributed by atoms with Crippen LogP contribution in [-0.2, 0) is 4.79 Å². The molecule has 0 aromatic heterocycles. The van der Waals surface area contributed by atoms with Crippen molar-refractivity contribution in [2.75, 3.05) is 19.6 Å². The summed E-state index contributed by atoms with van der Waals surface area (Å²) in [5.74, 6) is 0.151. The maximum Gasteiger partial charge on any atom is 0.317 e. The fourth-order valence-corrected chi connectivity index (χ4v) is 4.38. The Bertz CT molecular complexity index is 620. The number of likely N-dealkylation sites (N-methyl/N-ethyl adjacent to an activating group) is 1. The molecule has 25 heavy (non-hydrogen) atoms. The van der Waals surface area contributed by atoms with Gasteiger partial charge in [-0.1, -0.05) is 24.3 Å². The van der Waals surface area contributed by atoms with E-state index in [9.17, 15) is 9.59 Å². The van der Waals surface area contributed by atoms with Crippen molar-refractivity contribution >= 4 is 23.7 Å². The standard InChI is InChI=1S/C19H29N3O2S/c1-6-21(19(24)20-13(2)3)11-12-22-17(23)15(5)25-18(22)16-10-8-7-9-14(16)4/h7-10,13,15,18H,6,11-12H2,1-5H3,(H,20,24). The third-order valence-electron chi connectivity index (χ3n) is 4.39. The number of hydrogen-bond donors (Lipinski definition) is 1. The van der Waals surface area contributed by atoms with E-state index in [0.717, 1.165) is 0 Å². The van der Waals surface area contributed by atoms with E-state index < -0.39 is 0 Å². The maximum absolute atomic E-state index is 12.6. The van der Waals surface area contributed by atoms with Crippen LogP contribution in [0.2, 0.25) is 0 Å². The number of amides is 3. The minimum atomic E-state index is -0.0720. The number of hydrogen-bond acceptors (Lipinski definition) is 3. The van der Waals surface area contributed by atoms with Crippen molar-refractivity contribution in [1.29, 1.82) is 0 Å².